The fraction of sp³-hybridized carbons (Fsp3) is 0.625. The molecule has 0 saturated heterocycles. The van der Waals surface area contributed by atoms with Gasteiger partial charge in [0.15, 0.2) is 0 Å². The molecule has 2 heteroatoms. The minimum Gasteiger partial charge on any atom is -0.377 e. The normalized spacial score (nSPS) is 14.9. The molecule has 1 aromatic carbocycles. The maximum Gasteiger partial charge on any atom is 0.0719 e. The van der Waals surface area contributed by atoms with Gasteiger partial charge in [-0.05, 0) is 43.0 Å². The summed E-state index contributed by atoms with van der Waals surface area (Å²) in [5, 5.41) is 3.37. The predicted octanol–water partition coefficient (Wildman–Crippen LogP) is 3.16. The molecule has 2 nitrogen and oxygen atoms in total. The third-order valence-corrected chi connectivity index (χ3v) is 3.56. The highest BCUT2D eigenvalue weighted by atomic mass is 16.5. The fourth-order valence-electron chi connectivity index (χ4n) is 2.18. The summed E-state index contributed by atoms with van der Waals surface area (Å²) in [4.78, 5) is 0. The molecule has 0 heterocycles. The maximum absolute atomic E-state index is 5.80. The molecule has 1 aromatic rings. The summed E-state index contributed by atoms with van der Waals surface area (Å²) in [7, 11) is 0. The summed E-state index contributed by atoms with van der Waals surface area (Å²) in [6.45, 7) is 5.93. The van der Waals surface area contributed by atoms with Crippen molar-refractivity contribution in [1.29, 1.82) is 0 Å². The average Bonchev–Trinajstić information content (AvgIpc) is 3.21. The Morgan fingerprint density at radius 3 is 2.72 bits per heavy atom. The van der Waals surface area contributed by atoms with Crippen molar-refractivity contribution < 1.29 is 4.74 Å². The van der Waals surface area contributed by atoms with Crippen molar-refractivity contribution in [2.24, 2.45) is 5.92 Å². The molecule has 0 atom stereocenters. The van der Waals surface area contributed by atoms with Crippen LogP contribution in [0.3, 0.4) is 0 Å². The van der Waals surface area contributed by atoms with Gasteiger partial charge in [0.1, 0.15) is 0 Å². The van der Waals surface area contributed by atoms with E-state index in [-0.39, 0.29) is 0 Å². The van der Waals surface area contributed by atoms with Gasteiger partial charge in [0, 0.05) is 6.61 Å². The highest BCUT2D eigenvalue weighted by molar-refractivity contribution is 5.26. The first kappa shape index (κ1) is 13.6. The van der Waals surface area contributed by atoms with E-state index in [1.807, 2.05) is 0 Å². The van der Waals surface area contributed by atoms with Gasteiger partial charge < -0.3 is 10.1 Å². The zero-order valence-corrected chi connectivity index (χ0v) is 11.5. The van der Waals surface area contributed by atoms with Crippen molar-refractivity contribution in [1.82, 2.24) is 5.32 Å². The van der Waals surface area contributed by atoms with Crippen LogP contribution in [0.15, 0.2) is 24.3 Å². The molecule has 100 valence electrons. The molecule has 0 radical (unpaired) electrons. The van der Waals surface area contributed by atoms with Crippen LogP contribution >= 0.6 is 0 Å². The smallest absolute Gasteiger partial charge is 0.0719 e. The molecule has 0 amide bonds. The van der Waals surface area contributed by atoms with E-state index in [4.69, 9.17) is 4.74 Å². The van der Waals surface area contributed by atoms with Gasteiger partial charge >= 0.3 is 0 Å². The molecule has 0 unspecified atom stereocenters. The zero-order valence-electron chi connectivity index (χ0n) is 11.5. The van der Waals surface area contributed by atoms with Crippen LogP contribution in [0.5, 0.6) is 0 Å². The quantitative estimate of drug-likeness (QED) is 0.677. The van der Waals surface area contributed by atoms with Gasteiger partial charge in [-0.25, -0.2) is 0 Å². The zero-order chi connectivity index (χ0) is 12.6. The maximum atomic E-state index is 5.80. The van der Waals surface area contributed by atoms with Gasteiger partial charge in [-0.2, -0.15) is 0 Å². The molecule has 0 aliphatic heterocycles. The van der Waals surface area contributed by atoms with E-state index in [2.05, 4.69) is 36.5 Å². The highest BCUT2D eigenvalue weighted by Gasteiger charge is 2.20. The van der Waals surface area contributed by atoms with Crippen LogP contribution < -0.4 is 5.32 Å². The first-order chi connectivity index (χ1) is 8.90. The molecule has 1 fully saturated rings. The molecule has 1 saturated carbocycles. The molecule has 2 rings (SSSR count). The Morgan fingerprint density at radius 2 is 2.00 bits per heavy atom. The number of likely N-dealkylation sites (N-methyl/N-ethyl adjacent to an activating group) is 1. The Morgan fingerprint density at radius 1 is 1.22 bits per heavy atom. The minimum atomic E-state index is 0.773. The van der Waals surface area contributed by atoms with E-state index in [1.54, 1.807) is 0 Å². The number of ether oxygens (including phenoxy) is 1. The first-order valence-corrected chi connectivity index (χ1v) is 7.25. The molecule has 1 aliphatic carbocycles. The summed E-state index contributed by atoms with van der Waals surface area (Å²) in [6, 6.07) is 8.64. The number of hydrogen-bond acceptors (Lipinski definition) is 2. The molecule has 0 bridgehead atoms. The van der Waals surface area contributed by atoms with Crippen molar-refractivity contribution in [2.45, 2.75) is 39.2 Å². The topological polar surface area (TPSA) is 21.3 Å². The molecule has 0 spiro atoms. The molecule has 18 heavy (non-hydrogen) atoms. The van der Waals surface area contributed by atoms with Gasteiger partial charge in [-0.15, -0.1) is 0 Å². The Balaban J connectivity index is 1.74. The second kappa shape index (κ2) is 7.55. The van der Waals surface area contributed by atoms with Crippen LogP contribution in [0, 0.1) is 5.92 Å². The molecule has 1 aliphatic rings. The van der Waals surface area contributed by atoms with E-state index in [9.17, 15) is 0 Å². The van der Waals surface area contributed by atoms with Gasteiger partial charge in [-0.1, -0.05) is 44.0 Å². The van der Waals surface area contributed by atoms with E-state index >= 15 is 0 Å². The standard InChI is InChI=1S/C16H25NO/c1-2-17-11-9-15-5-3-4-6-16(15)13-18-12-10-14-7-8-14/h3-6,14,17H,2,7-13H2,1H3. The third-order valence-electron chi connectivity index (χ3n) is 3.56. The second-order valence-corrected chi connectivity index (χ2v) is 5.16. The number of benzene rings is 1. The van der Waals surface area contributed by atoms with Crippen LogP contribution in [0.1, 0.15) is 37.3 Å². The van der Waals surface area contributed by atoms with Gasteiger partial charge in [0.2, 0.25) is 0 Å². The lowest BCUT2D eigenvalue weighted by Gasteiger charge is -2.10. The van der Waals surface area contributed by atoms with Crippen LogP contribution in [-0.4, -0.2) is 19.7 Å². The van der Waals surface area contributed by atoms with Crippen molar-refractivity contribution in [3.05, 3.63) is 35.4 Å². The molecular weight excluding hydrogens is 222 g/mol. The average molecular weight is 247 g/mol. The highest BCUT2D eigenvalue weighted by Crippen LogP contribution is 2.32. The number of nitrogens with one attached hydrogen (secondary N) is 1. The summed E-state index contributed by atoms with van der Waals surface area (Å²) in [5.41, 5.74) is 2.77. The van der Waals surface area contributed by atoms with E-state index < -0.39 is 0 Å². The van der Waals surface area contributed by atoms with Crippen LogP contribution in [0.2, 0.25) is 0 Å². The summed E-state index contributed by atoms with van der Waals surface area (Å²) >= 11 is 0. The van der Waals surface area contributed by atoms with Crippen molar-refractivity contribution in [2.75, 3.05) is 19.7 Å². The SMILES string of the molecule is CCNCCc1ccccc1COCCC1CC1. The van der Waals surface area contributed by atoms with Gasteiger partial charge in [-0.3, -0.25) is 0 Å². The Hall–Kier alpha value is -0.860. The van der Waals surface area contributed by atoms with E-state index in [0.717, 1.165) is 38.6 Å². The Bertz CT molecular complexity index is 347. The monoisotopic (exact) mass is 247 g/mol. The lowest BCUT2D eigenvalue weighted by atomic mass is 10.1. The number of rotatable bonds is 9. The van der Waals surface area contributed by atoms with E-state index in [1.165, 1.54) is 30.4 Å². The summed E-state index contributed by atoms with van der Waals surface area (Å²) in [6.07, 6.45) is 5.18. The fourth-order valence-corrected chi connectivity index (χ4v) is 2.18. The molecule has 0 aromatic heterocycles. The Labute approximate surface area is 111 Å². The molecule has 1 N–H and O–H groups in total. The van der Waals surface area contributed by atoms with Gasteiger partial charge in [0.25, 0.3) is 0 Å². The van der Waals surface area contributed by atoms with E-state index in [0.29, 0.717) is 0 Å². The van der Waals surface area contributed by atoms with Crippen LogP contribution in [0.4, 0.5) is 0 Å². The van der Waals surface area contributed by atoms with Crippen molar-refractivity contribution >= 4 is 0 Å². The number of hydrogen-bond donors (Lipinski definition) is 1. The lowest BCUT2D eigenvalue weighted by molar-refractivity contribution is 0.114. The predicted molar refractivity (Wildman–Crippen MR) is 75.7 cm³/mol. The molecular formula is C16H25NO. The third kappa shape index (κ3) is 4.79. The van der Waals surface area contributed by atoms with Crippen molar-refractivity contribution in [3.8, 4) is 0 Å². The van der Waals surface area contributed by atoms with Gasteiger partial charge in [0.05, 0.1) is 6.61 Å². The van der Waals surface area contributed by atoms with Crippen molar-refractivity contribution in [3.63, 3.8) is 0 Å². The first-order valence-electron chi connectivity index (χ1n) is 7.25. The lowest BCUT2D eigenvalue weighted by Crippen LogP contribution is -2.16. The summed E-state index contributed by atoms with van der Waals surface area (Å²) in [5.74, 6) is 0.967. The largest absolute Gasteiger partial charge is 0.377 e. The minimum absolute atomic E-state index is 0.773. The Kier molecular flexibility index (Phi) is 5.69. The van der Waals surface area contributed by atoms with Crippen LogP contribution in [0.25, 0.3) is 0 Å². The summed E-state index contributed by atoms with van der Waals surface area (Å²) < 4.78 is 5.80. The van der Waals surface area contributed by atoms with Crippen LogP contribution in [-0.2, 0) is 17.8 Å². The second-order valence-electron chi connectivity index (χ2n) is 5.16.